The molecule has 1 aliphatic carbocycles. The molecule has 2 aliphatic heterocycles. The fourth-order valence-electron chi connectivity index (χ4n) is 4.61. The van der Waals surface area contributed by atoms with Gasteiger partial charge < -0.3 is 19.3 Å². The number of ether oxygens (including phenoxy) is 3. The Labute approximate surface area is 141 Å². The normalized spacial score (nSPS) is 37.3. The smallest absolute Gasteiger partial charge is 0.233 e. The van der Waals surface area contributed by atoms with Crippen LogP contribution in [0, 0.1) is 11.3 Å². The van der Waals surface area contributed by atoms with Gasteiger partial charge in [-0.15, -0.1) is 6.58 Å². The van der Waals surface area contributed by atoms with Crippen molar-refractivity contribution in [1.29, 1.82) is 0 Å². The summed E-state index contributed by atoms with van der Waals surface area (Å²) in [5, 5.41) is 11.2. The number of ketones is 1. The summed E-state index contributed by atoms with van der Waals surface area (Å²) in [7, 11) is 0. The van der Waals surface area contributed by atoms with Gasteiger partial charge in [0.25, 0.3) is 0 Å². The number of Topliss-reactive ketones (excluding diaryl/α,β-unsaturated/α-hetero) is 1. The highest BCUT2D eigenvalue weighted by Gasteiger charge is 2.67. The van der Waals surface area contributed by atoms with Crippen molar-refractivity contribution in [2.75, 3.05) is 6.79 Å². The molecule has 0 radical (unpaired) electrons. The first-order valence-corrected chi connectivity index (χ1v) is 8.46. The lowest BCUT2D eigenvalue weighted by Crippen LogP contribution is -2.55. The third-order valence-electron chi connectivity index (χ3n) is 5.94. The molecule has 5 nitrogen and oxygen atoms in total. The highest BCUT2D eigenvalue weighted by molar-refractivity contribution is 5.88. The van der Waals surface area contributed by atoms with Crippen LogP contribution in [0.15, 0.2) is 30.9 Å². The Morgan fingerprint density at radius 2 is 2.17 bits per heavy atom. The van der Waals surface area contributed by atoms with Crippen molar-refractivity contribution >= 4 is 5.78 Å². The molecule has 4 atom stereocenters. The van der Waals surface area contributed by atoms with Gasteiger partial charge >= 0.3 is 0 Å². The van der Waals surface area contributed by atoms with Crippen LogP contribution in [0.3, 0.4) is 0 Å². The molecule has 3 aliphatic rings. The fraction of sp³-hybridized carbons (Fsp3) is 0.526. The number of carbonyl (C=O) groups excluding carboxylic acids is 1. The van der Waals surface area contributed by atoms with E-state index in [2.05, 4.69) is 13.5 Å². The number of hydrogen-bond donors (Lipinski definition) is 1. The summed E-state index contributed by atoms with van der Waals surface area (Å²) in [5.41, 5.74) is 0.274. The highest BCUT2D eigenvalue weighted by atomic mass is 16.7. The van der Waals surface area contributed by atoms with Crippen molar-refractivity contribution in [2.24, 2.45) is 11.3 Å². The van der Waals surface area contributed by atoms with E-state index in [4.69, 9.17) is 14.2 Å². The fourth-order valence-corrected chi connectivity index (χ4v) is 4.61. The number of fused-ring (bicyclic) bond motifs is 2. The second-order valence-electron chi connectivity index (χ2n) is 7.01. The number of aliphatic hydroxyl groups is 1. The van der Waals surface area contributed by atoms with Gasteiger partial charge in [-0.25, -0.2) is 0 Å². The zero-order valence-corrected chi connectivity index (χ0v) is 13.8. The zero-order chi connectivity index (χ0) is 16.9. The molecule has 0 bridgehead atoms. The molecule has 1 aromatic rings. The molecule has 128 valence electrons. The van der Waals surface area contributed by atoms with Crippen molar-refractivity contribution in [2.45, 2.75) is 44.5 Å². The van der Waals surface area contributed by atoms with Crippen molar-refractivity contribution in [3.63, 3.8) is 0 Å². The molecule has 5 heteroatoms. The topological polar surface area (TPSA) is 65.0 Å². The minimum Gasteiger partial charge on any atom is -0.454 e. The predicted molar refractivity (Wildman–Crippen MR) is 86.6 cm³/mol. The summed E-state index contributed by atoms with van der Waals surface area (Å²) in [4.78, 5) is 12.5. The van der Waals surface area contributed by atoms with Gasteiger partial charge in [-0.05, 0) is 42.9 Å². The molecule has 1 saturated heterocycles. The van der Waals surface area contributed by atoms with E-state index in [1.165, 1.54) is 0 Å². The molecule has 1 aromatic carbocycles. The van der Waals surface area contributed by atoms with Gasteiger partial charge in [0, 0.05) is 11.8 Å². The second-order valence-corrected chi connectivity index (χ2v) is 7.01. The summed E-state index contributed by atoms with van der Waals surface area (Å²) in [6.45, 7) is 6.09. The average molecular weight is 330 g/mol. The Balaban J connectivity index is 1.76. The lowest BCUT2D eigenvalue weighted by atomic mass is 9.60. The second kappa shape index (κ2) is 5.33. The summed E-state index contributed by atoms with van der Waals surface area (Å²) in [6.07, 6.45) is 3.85. The number of carbonyl (C=O) groups is 1. The lowest BCUT2D eigenvalue weighted by Gasteiger charge is -2.44. The van der Waals surface area contributed by atoms with E-state index in [9.17, 15) is 9.90 Å². The van der Waals surface area contributed by atoms with Crippen molar-refractivity contribution in [3.8, 4) is 11.5 Å². The monoisotopic (exact) mass is 330 g/mol. The third kappa shape index (κ3) is 1.91. The summed E-state index contributed by atoms with van der Waals surface area (Å²) in [6, 6.07) is 5.65. The quantitative estimate of drug-likeness (QED) is 0.863. The largest absolute Gasteiger partial charge is 0.454 e. The summed E-state index contributed by atoms with van der Waals surface area (Å²) < 4.78 is 16.8. The van der Waals surface area contributed by atoms with Crippen LogP contribution >= 0.6 is 0 Å². The number of allylic oxidation sites excluding steroid dienone is 1. The van der Waals surface area contributed by atoms with Crippen LogP contribution in [0.5, 0.6) is 11.5 Å². The molecule has 24 heavy (non-hydrogen) atoms. The molecular weight excluding hydrogens is 308 g/mol. The number of rotatable bonds is 3. The van der Waals surface area contributed by atoms with Gasteiger partial charge in [-0.1, -0.05) is 19.1 Å². The van der Waals surface area contributed by atoms with Gasteiger partial charge in [-0.2, -0.15) is 0 Å². The third-order valence-corrected chi connectivity index (χ3v) is 5.94. The van der Waals surface area contributed by atoms with Gasteiger partial charge in [0.15, 0.2) is 17.3 Å². The van der Waals surface area contributed by atoms with Crippen molar-refractivity contribution in [3.05, 3.63) is 36.4 Å². The van der Waals surface area contributed by atoms with Crippen LogP contribution in [0.2, 0.25) is 0 Å². The first kappa shape index (κ1) is 15.7. The molecule has 2 fully saturated rings. The standard InChI is InChI=1S/C19H22O5/c1-3-8-18-9-4-5-16(20)19(18,21)24-17(12(18)2)13-6-7-14-15(10-13)23-11-22-14/h3,6-7,10,12,17,21H,1,4-5,8-9,11H2,2H3/t12-,17+,18+,19-/m1/s1. The van der Waals surface area contributed by atoms with Crippen molar-refractivity contribution in [1.82, 2.24) is 0 Å². The van der Waals surface area contributed by atoms with Crippen LogP contribution in [-0.4, -0.2) is 23.5 Å². The van der Waals surface area contributed by atoms with E-state index in [0.717, 1.165) is 18.4 Å². The molecule has 4 rings (SSSR count). The Bertz CT molecular complexity index is 699. The van der Waals surface area contributed by atoms with Gasteiger partial charge in [-0.3, -0.25) is 4.79 Å². The molecule has 1 saturated carbocycles. The number of hydrogen-bond acceptors (Lipinski definition) is 5. The van der Waals surface area contributed by atoms with Gasteiger partial charge in [0.2, 0.25) is 12.6 Å². The summed E-state index contributed by atoms with van der Waals surface area (Å²) in [5.74, 6) is -0.595. The first-order chi connectivity index (χ1) is 11.5. The maximum atomic E-state index is 12.5. The van der Waals surface area contributed by atoms with Crippen LogP contribution in [0.1, 0.15) is 44.3 Å². The Morgan fingerprint density at radius 1 is 1.38 bits per heavy atom. The molecule has 2 heterocycles. The zero-order valence-electron chi connectivity index (χ0n) is 13.8. The minimum absolute atomic E-state index is 0.0230. The van der Waals surface area contributed by atoms with Gasteiger partial charge in [0.05, 0.1) is 6.10 Å². The minimum atomic E-state index is -1.74. The number of benzene rings is 1. The van der Waals surface area contributed by atoms with Crippen LogP contribution in [0.25, 0.3) is 0 Å². The van der Waals surface area contributed by atoms with E-state index < -0.39 is 11.2 Å². The maximum absolute atomic E-state index is 12.5. The molecule has 0 unspecified atom stereocenters. The highest BCUT2D eigenvalue weighted by Crippen LogP contribution is 2.62. The van der Waals surface area contributed by atoms with E-state index >= 15 is 0 Å². The first-order valence-electron chi connectivity index (χ1n) is 8.46. The SMILES string of the molecule is C=CC[C@@]12CCCC(=O)[C@@]1(O)O[C@H](c1ccc3c(c1)OCO3)[C@H]2C. The Morgan fingerprint density at radius 3 is 2.96 bits per heavy atom. The van der Waals surface area contributed by atoms with E-state index in [1.54, 1.807) is 6.08 Å². The van der Waals surface area contributed by atoms with E-state index in [1.807, 2.05) is 18.2 Å². The molecular formula is C19H22O5. The lowest BCUT2D eigenvalue weighted by molar-refractivity contribution is -0.239. The van der Waals surface area contributed by atoms with Crippen molar-refractivity contribution < 1.29 is 24.1 Å². The summed E-state index contributed by atoms with van der Waals surface area (Å²) >= 11 is 0. The van der Waals surface area contributed by atoms with E-state index in [0.29, 0.717) is 24.3 Å². The molecule has 1 N–H and O–H groups in total. The predicted octanol–water partition coefficient (Wildman–Crippen LogP) is 3.13. The molecule has 0 amide bonds. The Hall–Kier alpha value is -1.85. The van der Waals surface area contributed by atoms with Gasteiger partial charge in [0.1, 0.15) is 0 Å². The van der Waals surface area contributed by atoms with Crippen LogP contribution in [-0.2, 0) is 9.53 Å². The molecule has 0 aromatic heterocycles. The average Bonchev–Trinajstić information content (AvgIpc) is 3.12. The Kier molecular flexibility index (Phi) is 3.48. The molecule has 0 spiro atoms. The maximum Gasteiger partial charge on any atom is 0.233 e. The van der Waals surface area contributed by atoms with E-state index in [-0.39, 0.29) is 24.6 Å². The van der Waals surface area contributed by atoms with Crippen LogP contribution < -0.4 is 9.47 Å². The van der Waals surface area contributed by atoms with Crippen LogP contribution in [0.4, 0.5) is 0 Å².